The van der Waals surface area contributed by atoms with Crippen molar-refractivity contribution in [2.24, 2.45) is 0 Å². The van der Waals surface area contributed by atoms with Gasteiger partial charge in [-0.15, -0.1) is 0 Å². The molecular weight excluding hydrogens is 580 g/mol. The van der Waals surface area contributed by atoms with E-state index in [0.717, 1.165) is 0 Å². The van der Waals surface area contributed by atoms with Gasteiger partial charge in [0.2, 0.25) is 5.75 Å². The number of hydrogen-bond donors (Lipinski definition) is 1. The number of nitro benzene ring substituents is 1. The normalized spacial score (nSPS) is 16.8. The standard InChI is InChI=1S/C14H6F16N2O5/c15-7(8(16,17)35-6-3-4(31)1-2-5(6)32(33)34)36-14(29,30)10(20,12(24,25)26)37-13(27,28)9(18,19)11(21,22)23/h1-3,7H,31H2. The minimum Gasteiger partial charge on any atom is -0.421 e. The fourth-order valence-electron chi connectivity index (χ4n) is 1.92. The van der Waals surface area contributed by atoms with Crippen molar-refractivity contribution in [3.05, 3.63) is 28.3 Å². The van der Waals surface area contributed by atoms with Crippen LogP contribution in [0.5, 0.6) is 5.75 Å². The van der Waals surface area contributed by atoms with E-state index >= 15 is 0 Å². The smallest absolute Gasteiger partial charge is 0.421 e. The number of ether oxygens (including phenoxy) is 3. The predicted molar refractivity (Wildman–Crippen MR) is 80.9 cm³/mol. The van der Waals surface area contributed by atoms with Gasteiger partial charge in [0.05, 0.1) is 4.92 Å². The molecule has 0 aliphatic rings. The molecule has 0 radical (unpaired) electrons. The second-order valence-corrected chi connectivity index (χ2v) is 6.38. The second kappa shape index (κ2) is 9.40. The van der Waals surface area contributed by atoms with E-state index in [4.69, 9.17) is 5.73 Å². The monoisotopic (exact) mass is 586 g/mol. The number of nitrogens with two attached hydrogens (primary N) is 1. The summed E-state index contributed by atoms with van der Waals surface area (Å²) in [6.45, 7) is 0. The average molecular weight is 586 g/mol. The molecule has 2 N–H and O–H groups in total. The van der Waals surface area contributed by atoms with Gasteiger partial charge in [0.15, 0.2) is 0 Å². The third kappa shape index (κ3) is 6.13. The lowest BCUT2D eigenvalue weighted by molar-refractivity contribution is -0.543. The van der Waals surface area contributed by atoms with Crippen LogP contribution in [0.4, 0.5) is 81.6 Å². The number of rotatable bonds is 10. The number of hydrogen-bond acceptors (Lipinski definition) is 6. The molecule has 1 aromatic rings. The highest BCUT2D eigenvalue weighted by Crippen LogP contribution is 2.55. The minimum atomic E-state index is -7.86. The van der Waals surface area contributed by atoms with Gasteiger partial charge in [-0.3, -0.25) is 19.6 Å². The van der Waals surface area contributed by atoms with Gasteiger partial charge in [-0.25, -0.2) is 4.39 Å². The van der Waals surface area contributed by atoms with E-state index in [-0.39, 0.29) is 6.07 Å². The van der Waals surface area contributed by atoms with Crippen molar-refractivity contribution in [2.45, 2.75) is 48.8 Å². The summed E-state index contributed by atoms with van der Waals surface area (Å²) in [4.78, 5) is 9.21. The van der Waals surface area contributed by atoms with Gasteiger partial charge in [0.25, 0.3) is 0 Å². The molecule has 2 atom stereocenters. The first-order valence-electron chi connectivity index (χ1n) is 8.21. The highest BCUT2D eigenvalue weighted by Gasteiger charge is 2.84. The zero-order valence-corrected chi connectivity index (χ0v) is 16.4. The Morgan fingerprint density at radius 1 is 0.811 bits per heavy atom. The molecular formula is C14H6F16N2O5. The molecule has 0 aromatic heterocycles. The first kappa shape index (κ1) is 32.0. The van der Waals surface area contributed by atoms with Gasteiger partial charge in [-0.2, -0.15) is 65.9 Å². The van der Waals surface area contributed by atoms with Crippen molar-refractivity contribution in [2.75, 3.05) is 5.73 Å². The summed E-state index contributed by atoms with van der Waals surface area (Å²) < 4.78 is 215. The molecule has 214 valence electrons. The Morgan fingerprint density at radius 2 is 1.30 bits per heavy atom. The largest absolute Gasteiger partial charge is 0.462 e. The summed E-state index contributed by atoms with van der Waals surface area (Å²) >= 11 is 0. The van der Waals surface area contributed by atoms with Crippen LogP contribution >= 0.6 is 0 Å². The van der Waals surface area contributed by atoms with Gasteiger partial charge < -0.3 is 10.5 Å². The molecule has 2 unspecified atom stereocenters. The van der Waals surface area contributed by atoms with Crippen LogP contribution in [0.25, 0.3) is 0 Å². The fraction of sp³-hybridized carbons (Fsp3) is 0.571. The van der Waals surface area contributed by atoms with Crippen molar-refractivity contribution in [1.82, 2.24) is 0 Å². The molecule has 0 aliphatic carbocycles. The van der Waals surface area contributed by atoms with Gasteiger partial charge in [-0.05, 0) is 6.07 Å². The number of nitrogen functional groups attached to an aromatic ring is 1. The molecule has 37 heavy (non-hydrogen) atoms. The van der Waals surface area contributed by atoms with Crippen molar-refractivity contribution in [3.8, 4) is 5.75 Å². The van der Waals surface area contributed by atoms with E-state index < -0.39 is 70.9 Å². The Balaban J connectivity index is 3.43. The quantitative estimate of drug-likeness (QED) is 0.154. The van der Waals surface area contributed by atoms with E-state index in [9.17, 15) is 80.4 Å². The SMILES string of the molecule is Nc1ccc([N+](=O)[O-])c(OC(F)(F)C(F)OC(F)(F)C(F)(OC(F)(F)C(F)(F)C(F)(F)F)C(F)(F)F)c1. The van der Waals surface area contributed by atoms with Crippen LogP contribution in [0.1, 0.15) is 0 Å². The first-order valence-corrected chi connectivity index (χ1v) is 8.21. The van der Waals surface area contributed by atoms with Crippen LogP contribution in [0.3, 0.4) is 0 Å². The summed E-state index contributed by atoms with van der Waals surface area (Å²) in [5.74, 6) is -17.5. The molecule has 1 aromatic carbocycles. The lowest BCUT2D eigenvalue weighted by Gasteiger charge is -2.38. The molecule has 0 amide bonds. The summed E-state index contributed by atoms with van der Waals surface area (Å²) in [5.41, 5.74) is 2.88. The Kier molecular flexibility index (Phi) is 8.14. The van der Waals surface area contributed by atoms with E-state index in [1.54, 1.807) is 0 Å². The topological polar surface area (TPSA) is 96.9 Å². The molecule has 0 aliphatic heterocycles. The lowest BCUT2D eigenvalue weighted by Crippen LogP contribution is -2.66. The maximum atomic E-state index is 13.9. The molecule has 0 heterocycles. The van der Waals surface area contributed by atoms with E-state index in [0.29, 0.717) is 12.1 Å². The highest BCUT2D eigenvalue weighted by atomic mass is 19.4. The summed E-state index contributed by atoms with van der Waals surface area (Å²) in [5, 5.41) is 10.7. The van der Waals surface area contributed by atoms with Gasteiger partial charge in [-0.1, -0.05) is 0 Å². The predicted octanol–water partition coefficient (Wildman–Crippen LogP) is 6.09. The first-order chi connectivity index (χ1) is 16.1. The maximum Gasteiger partial charge on any atom is 0.462 e. The Morgan fingerprint density at radius 3 is 1.70 bits per heavy atom. The van der Waals surface area contributed by atoms with Gasteiger partial charge in [0, 0.05) is 17.8 Å². The number of nitrogens with zero attached hydrogens (tertiary/aromatic N) is 1. The van der Waals surface area contributed by atoms with Gasteiger partial charge in [0.1, 0.15) is 0 Å². The van der Waals surface area contributed by atoms with Crippen molar-refractivity contribution in [3.63, 3.8) is 0 Å². The number of halogens is 16. The fourth-order valence-corrected chi connectivity index (χ4v) is 1.92. The summed E-state index contributed by atoms with van der Waals surface area (Å²) in [6.07, 6.45) is -42.3. The molecule has 0 bridgehead atoms. The second-order valence-electron chi connectivity index (χ2n) is 6.38. The Hall–Kier alpha value is -2.98. The molecule has 7 nitrogen and oxygen atoms in total. The van der Waals surface area contributed by atoms with Crippen molar-refractivity contribution >= 4 is 11.4 Å². The minimum absolute atomic E-state index is 0.106. The number of alkyl halides is 16. The van der Waals surface area contributed by atoms with Crippen LogP contribution in [0.15, 0.2) is 18.2 Å². The van der Waals surface area contributed by atoms with Crippen LogP contribution < -0.4 is 10.5 Å². The Bertz CT molecular complexity index is 997. The maximum absolute atomic E-state index is 13.9. The van der Waals surface area contributed by atoms with Gasteiger partial charge >= 0.3 is 54.5 Å². The zero-order chi connectivity index (χ0) is 29.6. The molecule has 23 heteroatoms. The summed E-state index contributed by atoms with van der Waals surface area (Å²) in [7, 11) is 0. The number of nitro groups is 1. The number of benzene rings is 1. The van der Waals surface area contributed by atoms with Crippen LogP contribution in [-0.4, -0.2) is 53.7 Å². The van der Waals surface area contributed by atoms with Crippen LogP contribution in [0, 0.1) is 10.1 Å². The van der Waals surface area contributed by atoms with Crippen molar-refractivity contribution in [1.29, 1.82) is 0 Å². The molecule has 1 rings (SSSR count). The third-order valence-corrected chi connectivity index (χ3v) is 3.67. The molecule has 0 saturated carbocycles. The average Bonchev–Trinajstić information content (AvgIpc) is 2.64. The van der Waals surface area contributed by atoms with E-state index in [1.165, 1.54) is 4.74 Å². The Labute approximate surface area is 190 Å². The highest BCUT2D eigenvalue weighted by molar-refractivity contribution is 5.55. The zero-order valence-electron chi connectivity index (χ0n) is 16.4. The van der Waals surface area contributed by atoms with Crippen molar-refractivity contribution < 1.29 is 89.4 Å². The van der Waals surface area contributed by atoms with Crippen LogP contribution in [0.2, 0.25) is 0 Å². The third-order valence-electron chi connectivity index (χ3n) is 3.67. The summed E-state index contributed by atoms with van der Waals surface area (Å²) in [6, 6.07) is 1.06. The van der Waals surface area contributed by atoms with E-state index in [1.807, 2.05) is 0 Å². The number of anilines is 1. The van der Waals surface area contributed by atoms with E-state index in [2.05, 4.69) is 9.47 Å². The molecule has 0 fully saturated rings. The molecule has 0 spiro atoms. The molecule has 0 saturated heterocycles. The van der Waals surface area contributed by atoms with Crippen LogP contribution in [-0.2, 0) is 9.47 Å². The lowest BCUT2D eigenvalue weighted by atomic mass is 10.2.